The summed E-state index contributed by atoms with van der Waals surface area (Å²) in [6.45, 7) is 9.61. The minimum atomic E-state index is -0.0723. The van der Waals surface area contributed by atoms with Gasteiger partial charge < -0.3 is 0 Å². The van der Waals surface area contributed by atoms with Crippen LogP contribution in [0, 0.1) is 24.7 Å². The number of aryl methyl sites for hydroxylation is 2. The van der Waals surface area contributed by atoms with Crippen LogP contribution < -0.4 is 0 Å². The number of benzene rings is 3. The first kappa shape index (κ1) is 18.2. The first-order chi connectivity index (χ1) is 15.5. The first-order valence-corrected chi connectivity index (χ1v) is 11.6. The third-order valence-electron chi connectivity index (χ3n) is 8.98. The van der Waals surface area contributed by atoms with Gasteiger partial charge in [-0.15, -0.1) is 0 Å². The lowest BCUT2D eigenvalue weighted by molar-refractivity contribution is 0.302. The summed E-state index contributed by atoms with van der Waals surface area (Å²) >= 11 is 0. The summed E-state index contributed by atoms with van der Waals surface area (Å²) in [5, 5.41) is 5.39. The van der Waals surface area contributed by atoms with Crippen LogP contribution in [0.1, 0.15) is 36.1 Å². The lowest BCUT2D eigenvalue weighted by Gasteiger charge is -2.58. The summed E-state index contributed by atoms with van der Waals surface area (Å²) in [5.41, 5.74) is 11.3. The lowest BCUT2D eigenvalue weighted by Crippen LogP contribution is -2.47. The minimum Gasteiger partial charge on any atom is -0.0616 e. The zero-order valence-corrected chi connectivity index (χ0v) is 19.1. The Hall–Kier alpha value is -3.38. The van der Waals surface area contributed by atoms with Gasteiger partial charge >= 0.3 is 0 Å². The molecule has 0 spiro atoms. The zero-order chi connectivity index (χ0) is 21.8. The van der Waals surface area contributed by atoms with Gasteiger partial charge in [-0.1, -0.05) is 86.7 Å². The second-order valence-corrected chi connectivity index (χ2v) is 10.1. The van der Waals surface area contributed by atoms with Crippen LogP contribution in [0.25, 0.3) is 32.7 Å². The molecule has 7 rings (SSSR count). The van der Waals surface area contributed by atoms with E-state index in [9.17, 15) is 0 Å². The Bertz CT molecular complexity index is 1470. The molecule has 2 atom stereocenters. The number of fused-ring (bicyclic) bond motifs is 5. The predicted molar refractivity (Wildman–Crippen MR) is 138 cm³/mol. The van der Waals surface area contributed by atoms with Gasteiger partial charge in [-0.25, -0.2) is 0 Å². The molecule has 3 aromatic rings. The van der Waals surface area contributed by atoms with E-state index in [0.717, 1.165) is 0 Å². The minimum absolute atomic E-state index is 0.0723. The van der Waals surface area contributed by atoms with E-state index in [2.05, 4.69) is 113 Å². The van der Waals surface area contributed by atoms with Crippen molar-refractivity contribution in [2.75, 3.05) is 0 Å². The van der Waals surface area contributed by atoms with E-state index >= 15 is 0 Å². The van der Waals surface area contributed by atoms with Crippen molar-refractivity contribution >= 4 is 32.7 Å². The zero-order valence-electron chi connectivity index (χ0n) is 19.1. The molecule has 0 nitrogen and oxygen atoms in total. The third kappa shape index (κ3) is 1.83. The van der Waals surface area contributed by atoms with Crippen molar-refractivity contribution in [1.29, 1.82) is 0 Å². The van der Waals surface area contributed by atoms with Gasteiger partial charge in [-0.3, -0.25) is 0 Å². The van der Waals surface area contributed by atoms with Crippen LogP contribution >= 0.6 is 0 Å². The van der Waals surface area contributed by atoms with Crippen molar-refractivity contribution < 1.29 is 0 Å². The summed E-state index contributed by atoms with van der Waals surface area (Å²) in [7, 11) is 0. The van der Waals surface area contributed by atoms with Gasteiger partial charge in [-0.05, 0) is 92.1 Å². The number of hydrogen-bond donors (Lipinski definition) is 0. The molecule has 0 saturated carbocycles. The smallest absolute Gasteiger partial charge is 0.0315 e. The normalized spacial score (nSPS) is 26.9. The maximum absolute atomic E-state index is 2.47. The Morgan fingerprint density at radius 3 is 1.47 bits per heavy atom. The SMILES string of the molecule is Cc1c2c(c(C)c3cc4ccccc4cc13)C1=CC=CC3=CC=C4C=CC=C2[C@]4(C)[C@]31C. The quantitative estimate of drug-likeness (QED) is 0.326. The molecule has 4 aliphatic carbocycles. The Morgan fingerprint density at radius 1 is 0.594 bits per heavy atom. The van der Waals surface area contributed by atoms with E-state index in [1.54, 1.807) is 0 Å². The molecule has 0 amide bonds. The highest BCUT2D eigenvalue weighted by Gasteiger charge is 2.58. The molecule has 0 N–H and O–H groups in total. The predicted octanol–water partition coefficient (Wildman–Crippen LogP) is 8.41. The Kier molecular flexibility index (Phi) is 3.24. The Labute approximate surface area is 189 Å². The summed E-state index contributed by atoms with van der Waals surface area (Å²) in [5.74, 6) is 0. The third-order valence-corrected chi connectivity index (χ3v) is 8.98. The van der Waals surface area contributed by atoms with Gasteiger partial charge in [0.25, 0.3) is 0 Å². The summed E-state index contributed by atoms with van der Waals surface area (Å²) in [6, 6.07) is 13.6. The fourth-order valence-corrected chi connectivity index (χ4v) is 7.06. The molecule has 32 heavy (non-hydrogen) atoms. The number of hydrogen-bond acceptors (Lipinski definition) is 0. The average Bonchev–Trinajstić information content (AvgIpc) is 2.80. The summed E-state index contributed by atoms with van der Waals surface area (Å²) < 4.78 is 0. The molecule has 4 aliphatic rings. The molecule has 0 heterocycles. The van der Waals surface area contributed by atoms with Gasteiger partial charge in [0.2, 0.25) is 0 Å². The maximum Gasteiger partial charge on any atom is 0.0315 e. The molecule has 0 saturated heterocycles. The Morgan fingerprint density at radius 2 is 1.03 bits per heavy atom. The van der Waals surface area contributed by atoms with Crippen molar-refractivity contribution in [3.05, 3.63) is 118 Å². The van der Waals surface area contributed by atoms with Gasteiger partial charge in [0.15, 0.2) is 0 Å². The highest BCUT2D eigenvalue weighted by Crippen LogP contribution is 2.70. The van der Waals surface area contributed by atoms with Crippen molar-refractivity contribution in [2.24, 2.45) is 10.8 Å². The van der Waals surface area contributed by atoms with E-state index in [-0.39, 0.29) is 10.8 Å². The molecular formula is C32H26. The van der Waals surface area contributed by atoms with Gasteiger partial charge in [0.1, 0.15) is 0 Å². The van der Waals surface area contributed by atoms with Crippen LogP contribution in [0.2, 0.25) is 0 Å². The topological polar surface area (TPSA) is 0 Å². The fraction of sp³-hybridized carbons (Fsp3) is 0.188. The van der Waals surface area contributed by atoms with Crippen molar-refractivity contribution in [3.8, 4) is 0 Å². The molecule has 0 fully saturated rings. The highest BCUT2D eigenvalue weighted by atomic mass is 14.6. The van der Waals surface area contributed by atoms with Crippen LogP contribution in [-0.4, -0.2) is 0 Å². The van der Waals surface area contributed by atoms with Crippen LogP contribution in [0.5, 0.6) is 0 Å². The van der Waals surface area contributed by atoms with Crippen LogP contribution in [-0.2, 0) is 0 Å². The van der Waals surface area contributed by atoms with Crippen LogP contribution in [0.3, 0.4) is 0 Å². The fourth-order valence-electron chi connectivity index (χ4n) is 7.06. The maximum atomic E-state index is 2.47. The van der Waals surface area contributed by atoms with Crippen LogP contribution in [0.4, 0.5) is 0 Å². The van der Waals surface area contributed by atoms with Gasteiger partial charge in [0, 0.05) is 10.8 Å². The second kappa shape index (κ2) is 5.70. The first-order valence-electron chi connectivity index (χ1n) is 11.6. The number of rotatable bonds is 0. The average molecular weight is 411 g/mol. The summed E-state index contributed by atoms with van der Waals surface area (Å²) in [4.78, 5) is 0. The molecule has 0 radical (unpaired) electrons. The van der Waals surface area contributed by atoms with Crippen molar-refractivity contribution in [2.45, 2.75) is 27.7 Å². The van der Waals surface area contributed by atoms with E-state index in [0.29, 0.717) is 0 Å². The molecule has 0 unspecified atom stereocenters. The van der Waals surface area contributed by atoms with Crippen molar-refractivity contribution in [3.63, 3.8) is 0 Å². The molecule has 0 aromatic heterocycles. The Balaban J connectivity index is 1.72. The van der Waals surface area contributed by atoms with E-state index in [1.165, 1.54) is 66.1 Å². The molecule has 0 bridgehead atoms. The van der Waals surface area contributed by atoms with E-state index in [1.807, 2.05) is 0 Å². The molecular weight excluding hydrogens is 384 g/mol. The lowest BCUT2D eigenvalue weighted by atomic mass is 9.44. The standard InChI is InChI=1S/C32H26/c1-19-25-17-21-9-5-6-10-22(21)18-26(25)20(2)30-28-14-8-12-24-16-15-23-11-7-13-27(29(19)30)31(23,3)32(24,28)4/h5-18H,1-4H3/t31-,32-/m1/s1. The van der Waals surface area contributed by atoms with Gasteiger partial charge in [-0.2, -0.15) is 0 Å². The monoisotopic (exact) mass is 410 g/mol. The molecule has 0 aliphatic heterocycles. The summed E-state index contributed by atoms with van der Waals surface area (Å²) in [6.07, 6.45) is 18.6. The van der Waals surface area contributed by atoms with Crippen molar-refractivity contribution in [1.82, 2.24) is 0 Å². The molecule has 0 heteroatoms. The van der Waals surface area contributed by atoms with Gasteiger partial charge in [0.05, 0.1) is 0 Å². The second-order valence-electron chi connectivity index (χ2n) is 10.1. The highest BCUT2D eigenvalue weighted by molar-refractivity contribution is 6.09. The molecule has 154 valence electrons. The largest absolute Gasteiger partial charge is 0.0616 e. The van der Waals surface area contributed by atoms with E-state index in [4.69, 9.17) is 0 Å². The number of allylic oxidation sites excluding steroid dienone is 12. The van der Waals surface area contributed by atoms with Crippen LogP contribution in [0.15, 0.2) is 96.2 Å². The van der Waals surface area contributed by atoms with E-state index < -0.39 is 0 Å². The molecule has 3 aromatic carbocycles.